The number of anilines is 1. The maximum Gasteiger partial charge on any atom is 0.205 e. The summed E-state index contributed by atoms with van der Waals surface area (Å²) >= 11 is 0. The fraction of sp³-hybridized carbons (Fsp3) is 0.545. The van der Waals surface area contributed by atoms with Crippen LogP contribution in [0.1, 0.15) is 6.42 Å². The first-order chi connectivity index (χ1) is 7.33. The van der Waals surface area contributed by atoms with Crippen molar-refractivity contribution in [3.05, 3.63) is 25.0 Å². The van der Waals surface area contributed by atoms with Gasteiger partial charge in [-0.2, -0.15) is 0 Å². The fourth-order valence-electron chi connectivity index (χ4n) is 2.03. The highest BCUT2D eigenvalue weighted by molar-refractivity contribution is 5.32. The molecule has 0 amide bonds. The number of rotatable bonds is 4. The molecule has 15 heavy (non-hydrogen) atoms. The standard InChI is InChI=1S/C11H18N4/c1-3-7-15-8-6-13-11(15)14(2)10-4-5-12-9-10/h3,6,8,10,12H,1,4-5,7,9H2,2H3. The van der Waals surface area contributed by atoms with Crippen molar-refractivity contribution < 1.29 is 0 Å². The van der Waals surface area contributed by atoms with Gasteiger partial charge in [0.2, 0.25) is 5.95 Å². The van der Waals surface area contributed by atoms with Crippen LogP contribution in [-0.4, -0.2) is 35.7 Å². The first-order valence-electron chi connectivity index (χ1n) is 5.38. The third-order valence-corrected chi connectivity index (χ3v) is 2.92. The molecule has 1 unspecified atom stereocenters. The lowest BCUT2D eigenvalue weighted by molar-refractivity contribution is 0.646. The summed E-state index contributed by atoms with van der Waals surface area (Å²) in [5, 5.41) is 3.37. The lowest BCUT2D eigenvalue weighted by atomic mass is 10.2. The number of allylic oxidation sites excluding steroid dienone is 1. The van der Waals surface area contributed by atoms with Crippen molar-refractivity contribution in [3.63, 3.8) is 0 Å². The second kappa shape index (κ2) is 4.49. The lowest BCUT2D eigenvalue weighted by Gasteiger charge is -2.25. The van der Waals surface area contributed by atoms with Gasteiger partial charge in [-0.1, -0.05) is 6.08 Å². The van der Waals surface area contributed by atoms with E-state index in [1.165, 1.54) is 6.42 Å². The lowest BCUT2D eigenvalue weighted by Crippen LogP contribution is -2.35. The molecule has 0 spiro atoms. The van der Waals surface area contributed by atoms with E-state index in [-0.39, 0.29) is 0 Å². The van der Waals surface area contributed by atoms with E-state index in [1.54, 1.807) is 0 Å². The third kappa shape index (κ3) is 2.04. The van der Waals surface area contributed by atoms with Crippen molar-refractivity contribution in [1.82, 2.24) is 14.9 Å². The van der Waals surface area contributed by atoms with Crippen LogP contribution in [0.25, 0.3) is 0 Å². The van der Waals surface area contributed by atoms with Gasteiger partial charge in [0.1, 0.15) is 0 Å². The third-order valence-electron chi connectivity index (χ3n) is 2.92. The summed E-state index contributed by atoms with van der Waals surface area (Å²) in [5.74, 6) is 1.03. The monoisotopic (exact) mass is 206 g/mol. The Hall–Kier alpha value is -1.29. The summed E-state index contributed by atoms with van der Waals surface area (Å²) in [6.45, 7) is 6.73. The smallest absolute Gasteiger partial charge is 0.205 e. The Labute approximate surface area is 90.6 Å². The molecular weight excluding hydrogens is 188 g/mol. The Morgan fingerprint density at radius 2 is 2.67 bits per heavy atom. The molecule has 1 fully saturated rings. The van der Waals surface area contributed by atoms with Crippen LogP contribution in [0.5, 0.6) is 0 Å². The van der Waals surface area contributed by atoms with Gasteiger partial charge in [0.05, 0.1) is 0 Å². The van der Waals surface area contributed by atoms with E-state index < -0.39 is 0 Å². The highest BCUT2D eigenvalue weighted by atomic mass is 15.3. The van der Waals surface area contributed by atoms with Crippen molar-refractivity contribution in [3.8, 4) is 0 Å². The highest BCUT2D eigenvalue weighted by Crippen LogP contribution is 2.16. The Balaban J connectivity index is 2.12. The van der Waals surface area contributed by atoms with Gasteiger partial charge in [-0.3, -0.25) is 0 Å². The molecule has 1 aliphatic rings. The van der Waals surface area contributed by atoms with E-state index in [9.17, 15) is 0 Å². The molecule has 1 aliphatic heterocycles. The number of hydrogen-bond donors (Lipinski definition) is 1. The molecule has 1 aromatic heterocycles. The van der Waals surface area contributed by atoms with Crippen LogP contribution < -0.4 is 10.2 Å². The second-order valence-electron chi connectivity index (χ2n) is 3.93. The number of aromatic nitrogens is 2. The molecule has 0 aliphatic carbocycles. The van der Waals surface area contributed by atoms with Crippen LogP contribution in [0.3, 0.4) is 0 Å². The maximum atomic E-state index is 4.39. The Bertz CT molecular complexity index is 325. The molecule has 4 heteroatoms. The molecule has 0 radical (unpaired) electrons. The van der Waals surface area contributed by atoms with Crippen LogP contribution in [0.4, 0.5) is 5.95 Å². The zero-order valence-corrected chi connectivity index (χ0v) is 9.19. The normalized spacial score (nSPS) is 20.5. The molecule has 1 atom stereocenters. The molecule has 0 bridgehead atoms. The van der Waals surface area contributed by atoms with Gasteiger partial charge in [-0.15, -0.1) is 6.58 Å². The maximum absolute atomic E-state index is 4.39. The number of likely N-dealkylation sites (N-methyl/N-ethyl adjacent to an activating group) is 1. The largest absolute Gasteiger partial charge is 0.341 e. The number of imidazole rings is 1. The predicted molar refractivity (Wildman–Crippen MR) is 62.1 cm³/mol. The van der Waals surface area contributed by atoms with Gasteiger partial charge < -0.3 is 14.8 Å². The fourth-order valence-corrected chi connectivity index (χ4v) is 2.03. The molecule has 1 N–H and O–H groups in total. The van der Waals surface area contributed by atoms with Gasteiger partial charge in [0, 0.05) is 38.6 Å². The first-order valence-corrected chi connectivity index (χ1v) is 5.38. The van der Waals surface area contributed by atoms with Crippen molar-refractivity contribution in [2.75, 3.05) is 25.0 Å². The number of nitrogens with zero attached hydrogens (tertiary/aromatic N) is 3. The Morgan fingerprint density at radius 3 is 3.33 bits per heavy atom. The van der Waals surface area contributed by atoms with Crippen molar-refractivity contribution in [2.24, 2.45) is 0 Å². The minimum Gasteiger partial charge on any atom is -0.341 e. The molecule has 2 rings (SSSR count). The van der Waals surface area contributed by atoms with Crippen LogP contribution in [-0.2, 0) is 6.54 Å². The molecule has 1 aromatic rings. The highest BCUT2D eigenvalue weighted by Gasteiger charge is 2.21. The molecule has 82 valence electrons. The molecule has 4 nitrogen and oxygen atoms in total. The van der Waals surface area contributed by atoms with E-state index in [1.807, 2.05) is 18.5 Å². The Kier molecular flexibility index (Phi) is 3.06. The first kappa shape index (κ1) is 10.2. The second-order valence-corrected chi connectivity index (χ2v) is 3.93. The van der Waals surface area contributed by atoms with Crippen molar-refractivity contribution in [2.45, 2.75) is 19.0 Å². The van der Waals surface area contributed by atoms with Crippen molar-refractivity contribution in [1.29, 1.82) is 0 Å². The van der Waals surface area contributed by atoms with E-state index in [0.29, 0.717) is 6.04 Å². The summed E-state index contributed by atoms with van der Waals surface area (Å²) in [4.78, 5) is 6.65. The summed E-state index contributed by atoms with van der Waals surface area (Å²) in [6.07, 6.45) is 6.93. The molecule has 0 saturated carbocycles. The van der Waals surface area contributed by atoms with E-state index in [0.717, 1.165) is 25.6 Å². The van der Waals surface area contributed by atoms with E-state index >= 15 is 0 Å². The van der Waals surface area contributed by atoms with Gasteiger partial charge in [-0.05, 0) is 13.0 Å². The molecule has 2 heterocycles. The van der Waals surface area contributed by atoms with Gasteiger partial charge in [-0.25, -0.2) is 4.98 Å². The summed E-state index contributed by atoms with van der Waals surface area (Å²) in [7, 11) is 2.11. The van der Waals surface area contributed by atoms with Crippen LogP contribution in [0, 0.1) is 0 Å². The van der Waals surface area contributed by atoms with Crippen LogP contribution in [0.2, 0.25) is 0 Å². The quantitative estimate of drug-likeness (QED) is 0.742. The van der Waals surface area contributed by atoms with Crippen LogP contribution in [0.15, 0.2) is 25.0 Å². The van der Waals surface area contributed by atoms with E-state index in [4.69, 9.17) is 0 Å². The van der Waals surface area contributed by atoms with Gasteiger partial charge in [0.15, 0.2) is 0 Å². The van der Waals surface area contributed by atoms with Gasteiger partial charge in [0.25, 0.3) is 0 Å². The SMILES string of the molecule is C=CCn1ccnc1N(C)C1CCNC1. The number of hydrogen-bond acceptors (Lipinski definition) is 3. The molecule has 0 aromatic carbocycles. The van der Waals surface area contributed by atoms with Crippen molar-refractivity contribution >= 4 is 5.95 Å². The average Bonchev–Trinajstić information content (AvgIpc) is 2.87. The predicted octanol–water partition coefficient (Wildman–Crippen LogP) is 0.867. The number of nitrogens with one attached hydrogen (secondary N) is 1. The zero-order valence-electron chi connectivity index (χ0n) is 9.19. The van der Waals surface area contributed by atoms with E-state index in [2.05, 4.69) is 33.4 Å². The Morgan fingerprint density at radius 1 is 1.80 bits per heavy atom. The zero-order chi connectivity index (χ0) is 10.7. The molecular formula is C11H18N4. The topological polar surface area (TPSA) is 33.1 Å². The minimum absolute atomic E-state index is 0.566. The van der Waals surface area contributed by atoms with Crippen LogP contribution >= 0.6 is 0 Å². The minimum atomic E-state index is 0.566. The van der Waals surface area contributed by atoms with Gasteiger partial charge >= 0.3 is 0 Å². The summed E-state index contributed by atoms with van der Waals surface area (Å²) < 4.78 is 2.12. The average molecular weight is 206 g/mol. The summed E-state index contributed by atoms with van der Waals surface area (Å²) in [6, 6.07) is 0.566. The molecule has 1 saturated heterocycles. The summed E-state index contributed by atoms with van der Waals surface area (Å²) in [5.41, 5.74) is 0.